The van der Waals surface area contributed by atoms with Gasteiger partial charge in [-0.3, -0.25) is 0 Å². The lowest BCUT2D eigenvalue weighted by molar-refractivity contribution is 0.322. The summed E-state index contributed by atoms with van der Waals surface area (Å²) < 4.78 is 0.127. The lowest BCUT2D eigenvalue weighted by atomic mass is 11.7. The van der Waals surface area contributed by atoms with Crippen LogP contribution in [0.3, 0.4) is 0 Å². The predicted octanol–water partition coefficient (Wildman–Crippen LogP) is 1.41. The first-order chi connectivity index (χ1) is 2.27. The Morgan fingerprint density at radius 1 is 2.00 bits per heavy atom. The van der Waals surface area contributed by atoms with Gasteiger partial charge < -0.3 is 5.21 Å². The van der Waals surface area contributed by atoms with E-state index in [0.29, 0.717) is 0 Å². The minimum atomic E-state index is 0.127. The van der Waals surface area contributed by atoms with E-state index in [1.165, 1.54) is 0 Å². The molecule has 30 valence electrons. The van der Waals surface area contributed by atoms with E-state index < -0.39 is 0 Å². The molecule has 0 amide bonds. The van der Waals surface area contributed by atoms with Crippen molar-refractivity contribution in [3.8, 4) is 0 Å². The molecule has 0 atom stereocenters. The van der Waals surface area contributed by atoms with Gasteiger partial charge in [0.05, 0.1) is 0 Å². The highest BCUT2D eigenvalue weighted by Gasteiger charge is 1.73. The molecule has 0 rings (SSSR count). The third-order valence-electron chi connectivity index (χ3n) is 0.0756. The van der Waals surface area contributed by atoms with Crippen LogP contribution < -0.4 is 0 Å². The van der Waals surface area contributed by atoms with E-state index in [4.69, 9.17) is 16.8 Å². The van der Waals surface area contributed by atoms with Crippen LogP contribution in [-0.2, 0) is 0 Å². The van der Waals surface area contributed by atoms with Crippen LogP contribution in [0.25, 0.3) is 0 Å². The fourth-order valence-electron chi connectivity index (χ4n) is 0. The molecule has 0 aliphatic rings. The second kappa shape index (κ2) is 2.71. The Morgan fingerprint density at radius 3 is 2.20 bits per heavy atom. The molecule has 0 fully saturated rings. The molecule has 0 radical (unpaired) electrons. The van der Waals surface area contributed by atoms with Crippen molar-refractivity contribution < 1.29 is 5.21 Å². The van der Waals surface area contributed by atoms with Crippen LogP contribution >= 0.6 is 34.2 Å². The third kappa shape index (κ3) is 4.49. The third-order valence-corrected chi connectivity index (χ3v) is 0.367. The van der Waals surface area contributed by atoms with Crippen molar-refractivity contribution in [1.82, 2.24) is 0 Å². The molecule has 0 bridgehead atoms. The Bertz CT molecular complexity index is 49.6. The van der Waals surface area contributed by atoms with E-state index in [1.54, 1.807) is 22.6 Å². The van der Waals surface area contributed by atoms with Gasteiger partial charge >= 0.3 is 0 Å². The summed E-state index contributed by atoms with van der Waals surface area (Å²) in [6.07, 6.45) is 0. The van der Waals surface area contributed by atoms with E-state index in [1.807, 2.05) is 0 Å². The highest BCUT2D eigenvalue weighted by Crippen LogP contribution is 1.91. The molecule has 0 spiro atoms. The molecular weight excluding hydrogens is 204 g/mol. The number of oxime groups is 1. The van der Waals surface area contributed by atoms with Gasteiger partial charge in [0.15, 0.2) is 0 Å². The van der Waals surface area contributed by atoms with E-state index in [-0.39, 0.29) is 3.18 Å². The average Bonchev–Trinajstić information content (AvgIpc) is 1.38. The normalized spacial score (nSPS) is 12.0. The maximum absolute atomic E-state index is 7.59. The van der Waals surface area contributed by atoms with Crippen LogP contribution in [-0.4, -0.2) is 8.38 Å². The number of rotatable bonds is 0. The lowest BCUT2D eigenvalue weighted by Gasteiger charge is -1.66. The predicted molar refractivity (Wildman–Crippen MR) is 29.1 cm³/mol. The summed E-state index contributed by atoms with van der Waals surface area (Å²) in [5, 5.41) is 10.1. The summed E-state index contributed by atoms with van der Waals surface area (Å²) >= 11 is 6.62. The summed E-state index contributed by atoms with van der Waals surface area (Å²) in [5.41, 5.74) is 0. The SMILES string of the molecule is O/N=C(/Cl)I. The van der Waals surface area contributed by atoms with Gasteiger partial charge in [-0.25, -0.2) is 0 Å². The van der Waals surface area contributed by atoms with Crippen LogP contribution in [0.5, 0.6) is 0 Å². The molecule has 0 saturated heterocycles. The Hall–Kier alpha value is 0.490. The molecule has 4 heteroatoms. The van der Waals surface area contributed by atoms with Crippen LogP contribution in [0.4, 0.5) is 0 Å². The van der Waals surface area contributed by atoms with Gasteiger partial charge in [0.25, 0.3) is 0 Å². The Kier molecular flexibility index (Phi) is 2.98. The maximum atomic E-state index is 7.59. The van der Waals surface area contributed by atoms with Crippen molar-refractivity contribution in [2.45, 2.75) is 0 Å². The molecule has 0 aromatic carbocycles. The van der Waals surface area contributed by atoms with Gasteiger partial charge in [0.2, 0.25) is 3.18 Å². The molecular formula is CHClINO. The molecule has 0 unspecified atom stereocenters. The largest absolute Gasteiger partial charge is 0.409 e. The van der Waals surface area contributed by atoms with E-state index >= 15 is 0 Å². The summed E-state index contributed by atoms with van der Waals surface area (Å²) in [6, 6.07) is 0. The van der Waals surface area contributed by atoms with Crippen LogP contribution in [0.1, 0.15) is 0 Å². The smallest absolute Gasteiger partial charge is 0.205 e. The van der Waals surface area contributed by atoms with Crippen molar-refractivity contribution in [3.63, 3.8) is 0 Å². The Morgan fingerprint density at radius 2 is 2.20 bits per heavy atom. The van der Waals surface area contributed by atoms with Gasteiger partial charge in [0.1, 0.15) is 0 Å². The first-order valence-electron chi connectivity index (χ1n) is 0.802. The zero-order valence-electron chi connectivity index (χ0n) is 2.15. The maximum Gasteiger partial charge on any atom is 0.205 e. The second-order valence-electron chi connectivity index (χ2n) is 0.340. The molecule has 0 aromatic heterocycles. The van der Waals surface area contributed by atoms with Crippen molar-refractivity contribution in [3.05, 3.63) is 0 Å². The number of hydrogen-bond donors (Lipinski definition) is 1. The fraction of sp³-hybridized carbons (Fsp3) is 0. The van der Waals surface area contributed by atoms with Crippen molar-refractivity contribution >= 4 is 37.4 Å². The highest BCUT2D eigenvalue weighted by molar-refractivity contribution is 14.1. The molecule has 0 aromatic rings. The van der Waals surface area contributed by atoms with Gasteiger partial charge in [-0.15, -0.1) is 0 Å². The average molecular weight is 205 g/mol. The zero-order valence-corrected chi connectivity index (χ0v) is 5.06. The standard InChI is InChI=1S/CHClINO/c2-1(3)4-5/h5H/b4-1-. The minimum Gasteiger partial charge on any atom is -0.409 e. The zero-order chi connectivity index (χ0) is 4.28. The van der Waals surface area contributed by atoms with Crippen molar-refractivity contribution in [2.24, 2.45) is 5.16 Å². The number of nitrogens with zero attached hydrogens (tertiary/aromatic N) is 1. The second-order valence-corrected chi connectivity index (χ2v) is 2.36. The molecule has 0 heterocycles. The molecule has 0 aliphatic carbocycles. The topological polar surface area (TPSA) is 32.6 Å². The summed E-state index contributed by atoms with van der Waals surface area (Å²) in [5.74, 6) is 0. The molecule has 5 heavy (non-hydrogen) atoms. The van der Waals surface area contributed by atoms with Crippen LogP contribution in [0.2, 0.25) is 0 Å². The van der Waals surface area contributed by atoms with Gasteiger partial charge in [0, 0.05) is 0 Å². The van der Waals surface area contributed by atoms with Gasteiger partial charge in [-0.2, -0.15) is 0 Å². The first kappa shape index (κ1) is 5.49. The summed E-state index contributed by atoms with van der Waals surface area (Å²) in [7, 11) is 0. The molecule has 2 nitrogen and oxygen atoms in total. The number of halogens is 2. The quantitative estimate of drug-likeness (QED) is 0.276. The minimum absolute atomic E-state index is 0.127. The van der Waals surface area contributed by atoms with Gasteiger partial charge in [-0.1, -0.05) is 16.8 Å². The van der Waals surface area contributed by atoms with E-state index in [2.05, 4.69) is 5.16 Å². The first-order valence-corrected chi connectivity index (χ1v) is 2.26. The summed E-state index contributed by atoms with van der Waals surface area (Å²) in [4.78, 5) is 0. The van der Waals surface area contributed by atoms with E-state index in [9.17, 15) is 0 Å². The molecule has 0 aliphatic heterocycles. The fourth-order valence-corrected chi connectivity index (χ4v) is 0. The lowest BCUT2D eigenvalue weighted by Crippen LogP contribution is -1.60. The van der Waals surface area contributed by atoms with Crippen molar-refractivity contribution in [1.29, 1.82) is 0 Å². The number of hydrogen-bond acceptors (Lipinski definition) is 2. The Labute approximate surface area is 47.9 Å². The highest BCUT2D eigenvalue weighted by atomic mass is 127. The molecule has 1 N–H and O–H groups in total. The van der Waals surface area contributed by atoms with Crippen LogP contribution in [0, 0.1) is 0 Å². The van der Waals surface area contributed by atoms with E-state index in [0.717, 1.165) is 0 Å². The summed E-state index contributed by atoms with van der Waals surface area (Å²) in [6.45, 7) is 0. The van der Waals surface area contributed by atoms with Crippen molar-refractivity contribution in [2.75, 3.05) is 0 Å². The Balaban J connectivity index is 3.14. The van der Waals surface area contributed by atoms with Crippen LogP contribution in [0.15, 0.2) is 5.16 Å². The van der Waals surface area contributed by atoms with Gasteiger partial charge in [-0.05, 0) is 22.6 Å². The monoisotopic (exact) mass is 205 g/mol. The molecule has 0 saturated carbocycles.